The zero-order chi connectivity index (χ0) is 29.8. The maximum atomic E-state index is 11.4. The number of hydrogen-bond acceptors (Lipinski definition) is 12. The number of hydrogen-bond donors (Lipinski definition) is 0. The Morgan fingerprint density at radius 3 is 0.622 bits per heavy atom. The fourth-order valence-corrected chi connectivity index (χ4v) is 0.955. The predicted octanol–water partition coefficient (Wildman–Crippen LogP) is -3.52. The Morgan fingerprint density at radius 1 is 0.405 bits per heavy atom. The molecule has 0 aliphatic rings. The minimum atomic E-state index is -5.18. The van der Waals surface area contributed by atoms with Crippen molar-refractivity contribution in [2.24, 2.45) is 0 Å². The predicted molar refractivity (Wildman–Crippen MR) is 77.1 cm³/mol. The third-order valence-corrected chi connectivity index (χ3v) is 2.59. The standard InChI is InChI=1S/3C5H3F3O4.Au/c3*6-5(7,8)3(10)1-2(9)4(11)12;/h3*1H2,(H,11,12);/q;;;+3/p-3. The van der Waals surface area contributed by atoms with Gasteiger partial charge >= 0.3 is 40.9 Å². The van der Waals surface area contributed by atoms with Crippen molar-refractivity contribution in [2.45, 2.75) is 37.8 Å². The molecule has 0 rings (SSSR count). The van der Waals surface area contributed by atoms with Crippen molar-refractivity contribution in [3.05, 3.63) is 0 Å². The number of carboxylic acids is 3. The molecule has 0 unspecified atom stereocenters. The molecule has 0 saturated carbocycles. The van der Waals surface area contributed by atoms with E-state index in [0.29, 0.717) is 0 Å². The van der Waals surface area contributed by atoms with Gasteiger partial charge in [0.25, 0.3) is 0 Å². The molecule has 0 aliphatic heterocycles. The van der Waals surface area contributed by atoms with Gasteiger partial charge < -0.3 is 29.7 Å². The van der Waals surface area contributed by atoms with Crippen LogP contribution in [0.4, 0.5) is 39.5 Å². The van der Waals surface area contributed by atoms with Crippen molar-refractivity contribution >= 4 is 52.6 Å². The molecule has 37 heavy (non-hydrogen) atoms. The summed E-state index contributed by atoms with van der Waals surface area (Å²) in [6, 6.07) is 0. The number of carbonyl (C=O) groups is 9. The van der Waals surface area contributed by atoms with Crippen LogP contribution in [-0.4, -0.2) is 71.1 Å². The van der Waals surface area contributed by atoms with Gasteiger partial charge in [-0.2, -0.15) is 39.5 Å². The number of rotatable bonds is 9. The normalized spacial score (nSPS) is 10.6. The maximum Gasteiger partial charge on any atom is 3.00 e. The molecule has 0 amide bonds. The SMILES string of the molecule is O=C([O-])C(=O)CC(=O)C(F)(F)F.O=C([O-])C(=O)CC(=O)C(F)(F)F.O=C([O-])C(=O)CC(=O)C(F)(F)F.[Au+3]. The smallest absolute Gasteiger partial charge is 0.542 e. The third kappa shape index (κ3) is 20.4. The van der Waals surface area contributed by atoms with Gasteiger partial charge in [0, 0.05) is 0 Å². The molecule has 0 radical (unpaired) electrons. The Bertz CT molecular complexity index is 814. The van der Waals surface area contributed by atoms with Crippen LogP contribution in [-0.2, 0) is 65.5 Å². The summed E-state index contributed by atoms with van der Waals surface area (Å²) >= 11 is 0. The fourth-order valence-electron chi connectivity index (χ4n) is 0.955. The molecule has 0 aromatic rings. The van der Waals surface area contributed by atoms with Crippen LogP contribution < -0.4 is 15.3 Å². The summed E-state index contributed by atoms with van der Waals surface area (Å²) in [5.41, 5.74) is 0. The van der Waals surface area contributed by atoms with Crippen LogP contribution in [0.5, 0.6) is 0 Å². The Morgan fingerprint density at radius 2 is 0.541 bits per heavy atom. The molecule has 0 heterocycles. The van der Waals surface area contributed by atoms with E-state index < -0.39 is 90.4 Å². The van der Waals surface area contributed by atoms with Gasteiger partial charge in [-0.25, -0.2) is 0 Å². The summed E-state index contributed by atoms with van der Waals surface area (Å²) in [5.74, 6) is -19.7. The van der Waals surface area contributed by atoms with E-state index in [1.165, 1.54) is 0 Å². The first-order valence-electron chi connectivity index (χ1n) is 7.77. The average Bonchev–Trinajstić information content (AvgIpc) is 2.66. The number of carboxylic acid groups (broad SMARTS) is 3. The fraction of sp³-hybridized carbons (Fsp3) is 0.400. The van der Waals surface area contributed by atoms with Crippen LogP contribution in [0.3, 0.4) is 0 Å². The van der Waals surface area contributed by atoms with Gasteiger partial charge in [-0.3, -0.25) is 28.8 Å². The molecule has 0 aromatic carbocycles. The van der Waals surface area contributed by atoms with Gasteiger partial charge in [-0.1, -0.05) is 0 Å². The second-order valence-corrected chi connectivity index (χ2v) is 5.43. The van der Waals surface area contributed by atoms with E-state index in [2.05, 4.69) is 0 Å². The Kier molecular flexibility index (Phi) is 17.9. The summed E-state index contributed by atoms with van der Waals surface area (Å²) in [4.78, 5) is 88.6. The van der Waals surface area contributed by atoms with Crippen molar-refractivity contribution in [3.8, 4) is 0 Å². The first kappa shape index (κ1) is 40.7. The van der Waals surface area contributed by atoms with Crippen molar-refractivity contribution in [3.63, 3.8) is 0 Å². The average molecular weight is 746 g/mol. The maximum absolute atomic E-state index is 11.4. The first-order chi connectivity index (χ1) is 15.7. The topological polar surface area (TPSA) is 223 Å². The first-order valence-corrected chi connectivity index (χ1v) is 7.77. The zero-order valence-electron chi connectivity index (χ0n) is 16.7. The van der Waals surface area contributed by atoms with Gasteiger partial charge in [0.2, 0.25) is 17.3 Å². The molecular weight excluding hydrogens is 740 g/mol. The number of alkyl halides is 9. The van der Waals surface area contributed by atoms with Crippen LogP contribution >= 0.6 is 0 Å². The van der Waals surface area contributed by atoms with Gasteiger partial charge in [-0.05, 0) is 0 Å². The van der Waals surface area contributed by atoms with E-state index in [-0.39, 0.29) is 22.4 Å². The molecule has 0 fully saturated rings. The van der Waals surface area contributed by atoms with E-state index in [9.17, 15) is 98.0 Å². The van der Waals surface area contributed by atoms with Crippen LogP contribution in [0.15, 0.2) is 0 Å². The summed E-state index contributed by atoms with van der Waals surface area (Å²) < 4.78 is 102. The largest absolute Gasteiger partial charge is 3.00 e. The van der Waals surface area contributed by atoms with Crippen molar-refractivity contribution in [1.29, 1.82) is 0 Å². The second-order valence-electron chi connectivity index (χ2n) is 5.43. The molecule has 0 aliphatic carbocycles. The number of ketones is 6. The van der Waals surface area contributed by atoms with Gasteiger partial charge in [0.15, 0.2) is 17.3 Å². The minimum Gasteiger partial charge on any atom is -0.542 e. The quantitative estimate of drug-likeness (QED) is 0.0970. The molecule has 0 spiro atoms. The molecular formula is C15H6AuF9O12. The second kappa shape index (κ2) is 16.3. The number of Topliss-reactive ketones (excluding diaryl/α,β-unsaturated/α-hetero) is 6. The van der Waals surface area contributed by atoms with Crippen molar-refractivity contribution in [2.75, 3.05) is 0 Å². The molecule has 0 saturated heterocycles. The summed E-state index contributed by atoms with van der Waals surface area (Å²) in [6.07, 6.45) is -20.6. The van der Waals surface area contributed by atoms with Crippen molar-refractivity contribution < 1.29 is 120 Å². The molecule has 0 bridgehead atoms. The number of aliphatic carboxylic acids is 3. The van der Waals surface area contributed by atoms with Crippen LogP contribution in [0.25, 0.3) is 0 Å². The number of carbonyl (C=O) groups excluding carboxylic acids is 9. The molecule has 22 heteroatoms. The molecule has 0 atom stereocenters. The molecule has 12 nitrogen and oxygen atoms in total. The molecule has 212 valence electrons. The zero-order valence-corrected chi connectivity index (χ0v) is 18.9. The molecule has 0 aromatic heterocycles. The van der Waals surface area contributed by atoms with Crippen LogP contribution in [0.1, 0.15) is 19.3 Å². The summed E-state index contributed by atoms with van der Waals surface area (Å²) in [7, 11) is 0. The van der Waals surface area contributed by atoms with E-state index in [1.807, 2.05) is 0 Å². The summed E-state index contributed by atoms with van der Waals surface area (Å²) in [6.45, 7) is 0. The van der Waals surface area contributed by atoms with Crippen LogP contribution in [0, 0.1) is 0 Å². The Labute approximate surface area is 211 Å². The van der Waals surface area contributed by atoms with E-state index in [0.717, 1.165) is 0 Å². The van der Waals surface area contributed by atoms with E-state index >= 15 is 0 Å². The van der Waals surface area contributed by atoms with Crippen LogP contribution in [0.2, 0.25) is 0 Å². The monoisotopic (exact) mass is 746 g/mol. The van der Waals surface area contributed by atoms with Crippen molar-refractivity contribution in [1.82, 2.24) is 0 Å². The Balaban J connectivity index is -0.000000218. The van der Waals surface area contributed by atoms with Gasteiger partial charge in [-0.15, -0.1) is 0 Å². The summed E-state index contributed by atoms with van der Waals surface area (Å²) in [5, 5.41) is 28.7. The number of halogens is 9. The minimum absolute atomic E-state index is 0. The molecule has 0 N–H and O–H groups in total. The van der Waals surface area contributed by atoms with E-state index in [4.69, 9.17) is 0 Å². The Hall–Kier alpha value is -3.46. The third-order valence-electron chi connectivity index (χ3n) is 2.59. The van der Waals surface area contributed by atoms with E-state index in [1.54, 1.807) is 0 Å². The van der Waals surface area contributed by atoms with Gasteiger partial charge in [0.05, 0.1) is 19.3 Å². The van der Waals surface area contributed by atoms with Gasteiger partial charge in [0.1, 0.15) is 17.9 Å².